The molecule has 5 aliphatic heterocycles. The Morgan fingerprint density at radius 2 is 1.03 bits per heavy atom. The molecule has 32 heteroatoms. The number of nitrogens with zero attached hydrogens (tertiary/aromatic N) is 9. The molecule has 8 aromatic rings. The molecule has 2 unspecified atom stereocenters. The van der Waals surface area contributed by atoms with Gasteiger partial charge >= 0.3 is 23.9 Å². The summed E-state index contributed by atoms with van der Waals surface area (Å²) >= 11 is 0. The Morgan fingerprint density at radius 1 is 0.529 bits per heavy atom. The molecule has 102 heavy (non-hydrogen) atoms. The maximum Gasteiger partial charge on any atom is 0.341 e. The van der Waals surface area contributed by atoms with Crippen molar-refractivity contribution in [3.63, 3.8) is 0 Å². The molecule has 0 radical (unpaired) electrons. The van der Waals surface area contributed by atoms with Crippen LogP contribution in [0, 0.1) is 34.9 Å². The van der Waals surface area contributed by atoms with E-state index < -0.39 is 103 Å². The molecular weight excluding hydrogens is 1340 g/mol. The summed E-state index contributed by atoms with van der Waals surface area (Å²) in [6, 6.07) is 4.72. The number of aromatic nitrogens is 4. The van der Waals surface area contributed by atoms with Crippen LogP contribution in [0.2, 0.25) is 0 Å². The molecule has 4 aromatic carbocycles. The number of hydrogen-bond donors (Lipinski definition) is 8. The highest BCUT2D eigenvalue weighted by Gasteiger charge is 2.37. The van der Waals surface area contributed by atoms with Gasteiger partial charge in [0.1, 0.15) is 57.6 Å². The van der Waals surface area contributed by atoms with Gasteiger partial charge in [0.2, 0.25) is 21.7 Å². The molecule has 0 spiro atoms. The molecule has 9 heterocycles. The van der Waals surface area contributed by atoms with Gasteiger partial charge in [-0.1, -0.05) is 0 Å². The average molecular weight is 1420 g/mol. The fraction of sp³-hybridized carbons (Fsp3) is 0.429. The van der Waals surface area contributed by atoms with E-state index in [2.05, 4.69) is 20.9 Å². The summed E-state index contributed by atoms with van der Waals surface area (Å²) in [5.41, 5.74) is 1.69. The van der Waals surface area contributed by atoms with Crippen LogP contribution >= 0.6 is 0 Å². The molecule has 4 atom stereocenters. The summed E-state index contributed by atoms with van der Waals surface area (Å²) in [7, 11) is 2.02. The van der Waals surface area contributed by atoms with E-state index in [0.717, 1.165) is 69.6 Å². The highest BCUT2D eigenvalue weighted by molar-refractivity contribution is 6.01. The standard InChI is InChI=1S/C19H22F2N4O3.C18H20FN3O4.C17H19F2N3O3.C16H18FN3O3/c1-8-5-24(6-9(2)23-8)17-13(20)15(22)12-16(14(17)21)25(10-3-4-10)7-11(18(12)26)19(27)28;1-10-9-26-17-14-11(16(23)12(18(24)25)8-22(10)14)7-13(19)15(17)21-5-3-20(2)4-6-21;1-3-21-8-11(17(24)25)16(23)10-6-12(18)15(13(19)14(10)21)22-5-4-20-9(2)7-22;1-2-19-9-11(16(22)23)15(21)10-7-12(17)14(8-13(10)19)20-5-3-18-4-6-20/h7-10,23H,3-6,22H2,1-2H3,(H,27,28);7-8,10H,3-6,9H2,1-2H3,(H,24,25);6,8-9,20H,3-5,7H2,1-2H3,(H,24,25);7-9,18H,2-6H2,1H3,(H,22,23)/t8-,9+;;;. The van der Waals surface area contributed by atoms with Gasteiger partial charge in [-0.05, 0) is 85.7 Å². The number of rotatable bonds is 11. The number of halogens is 6. The van der Waals surface area contributed by atoms with Crippen LogP contribution in [0.1, 0.15) is 108 Å². The normalized spacial score (nSPS) is 19.2. The molecule has 26 nitrogen and oxygen atoms in total. The van der Waals surface area contributed by atoms with Crippen LogP contribution in [-0.4, -0.2) is 184 Å². The fourth-order valence-corrected chi connectivity index (χ4v) is 14.1. The second-order valence-electron chi connectivity index (χ2n) is 26.5. The minimum atomic E-state index is -1.45. The first-order valence-corrected chi connectivity index (χ1v) is 33.6. The monoisotopic (exact) mass is 1420 g/mol. The number of nitrogens with two attached hydrogens (primary N) is 1. The number of carboxylic acids is 4. The smallest absolute Gasteiger partial charge is 0.341 e. The molecule has 4 saturated heterocycles. The number of hydrogen-bond acceptors (Lipinski definition) is 18. The Bertz CT molecular complexity index is 4960. The number of fused-ring (bicyclic) bond motifs is 3. The zero-order chi connectivity index (χ0) is 73.8. The van der Waals surface area contributed by atoms with E-state index in [1.165, 1.54) is 21.5 Å². The van der Waals surface area contributed by atoms with E-state index in [0.29, 0.717) is 93.6 Å². The Morgan fingerprint density at radius 3 is 1.60 bits per heavy atom. The predicted octanol–water partition coefficient (Wildman–Crippen LogP) is 6.69. The van der Waals surface area contributed by atoms with Gasteiger partial charge in [0.15, 0.2) is 29.0 Å². The number of anilines is 5. The largest absolute Gasteiger partial charge is 0.487 e. The number of carbonyl (C=O) groups is 4. The minimum absolute atomic E-state index is 0.0134. The summed E-state index contributed by atoms with van der Waals surface area (Å²) in [5, 5.41) is 46.2. The van der Waals surface area contributed by atoms with Crippen molar-refractivity contribution in [1.82, 2.24) is 39.1 Å². The van der Waals surface area contributed by atoms with Crippen LogP contribution in [0.5, 0.6) is 5.75 Å². The number of likely N-dealkylation sites (N-methyl/N-ethyl adjacent to an activating group) is 1. The number of piperazine rings is 4. The van der Waals surface area contributed by atoms with Crippen LogP contribution in [0.25, 0.3) is 43.6 Å². The number of ether oxygens (including phenoxy) is 1. The van der Waals surface area contributed by atoms with E-state index in [4.69, 9.17) is 20.7 Å². The second-order valence-corrected chi connectivity index (χ2v) is 26.5. The molecule has 9 N–H and O–H groups in total. The number of aryl methyl sites for hydroxylation is 2. The van der Waals surface area contributed by atoms with E-state index >= 15 is 13.2 Å². The molecule has 0 bridgehead atoms. The van der Waals surface area contributed by atoms with Crippen molar-refractivity contribution in [1.29, 1.82) is 0 Å². The molecule has 6 aliphatic rings. The van der Waals surface area contributed by atoms with E-state index in [1.54, 1.807) is 31.9 Å². The lowest BCUT2D eigenvalue weighted by Crippen LogP contribution is -2.54. The summed E-state index contributed by atoms with van der Waals surface area (Å²) in [6.45, 7) is 20.3. The van der Waals surface area contributed by atoms with Crippen LogP contribution in [0.15, 0.2) is 68.2 Å². The topological polar surface area (TPSA) is 325 Å². The van der Waals surface area contributed by atoms with E-state index in [1.807, 2.05) is 51.5 Å². The Balaban J connectivity index is 0.000000137. The van der Waals surface area contributed by atoms with Gasteiger partial charge in [-0.15, -0.1) is 0 Å². The zero-order valence-corrected chi connectivity index (χ0v) is 57.1. The van der Waals surface area contributed by atoms with Crippen LogP contribution in [-0.2, 0) is 13.1 Å². The SMILES string of the molecule is CC1COc2c(N3CCN(C)CC3)c(F)cc3c(=O)c(C(=O)O)cn1c23.CCn1cc(C(=O)O)c(=O)c2cc(F)c(N3CCNC(C)C3)c(F)c21.CCn1cc(C(=O)O)c(=O)c2cc(F)c(N3CCNCC3)cc21.C[C@@H]1CN(c2c(F)c(N)c3c(=O)c(C(=O)O)cn(C4CC4)c3c2F)C[C@H](C)N1. The highest BCUT2D eigenvalue weighted by Crippen LogP contribution is 2.44. The molecule has 4 aromatic heterocycles. The van der Waals surface area contributed by atoms with Crippen LogP contribution in [0.3, 0.4) is 0 Å². The molecule has 14 rings (SSSR count). The number of benzene rings is 4. The average Bonchev–Trinajstić information content (AvgIpc) is 1.02. The number of nitrogen functional groups attached to an aromatic ring is 1. The second kappa shape index (κ2) is 29.4. The number of nitrogens with one attached hydrogen (secondary N) is 3. The lowest BCUT2D eigenvalue weighted by atomic mass is 10.0. The number of carboxylic acid groups (broad SMARTS) is 4. The number of pyridine rings is 4. The molecule has 1 saturated carbocycles. The third kappa shape index (κ3) is 13.9. The van der Waals surface area contributed by atoms with Crippen molar-refractivity contribution in [2.24, 2.45) is 0 Å². The number of aromatic carboxylic acids is 4. The quantitative estimate of drug-likeness (QED) is 0.0494. The maximum absolute atomic E-state index is 15.6. The highest BCUT2D eigenvalue weighted by atomic mass is 19.2. The van der Waals surface area contributed by atoms with Gasteiger partial charge in [0.25, 0.3) is 0 Å². The minimum Gasteiger partial charge on any atom is -0.487 e. The van der Waals surface area contributed by atoms with Gasteiger partial charge in [0, 0.05) is 153 Å². The van der Waals surface area contributed by atoms with E-state index in [-0.39, 0.29) is 93.1 Å². The Labute approximate surface area is 578 Å². The van der Waals surface area contributed by atoms with Gasteiger partial charge in [-0.25, -0.2) is 45.5 Å². The van der Waals surface area contributed by atoms with Crippen LogP contribution in [0.4, 0.5) is 54.8 Å². The Hall–Kier alpha value is -10.2. The summed E-state index contributed by atoms with van der Waals surface area (Å²) in [5.74, 6) is -9.80. The van der Waals surface area contributed by atoms with Crippen molar-refractivity contribution in [3.8, 4) is 5.75 Å². The lowest BCUT2D eigenvalue weighted by Gasteiger charge is -2.38. The van der Waals surface area contributed by atoms with Crippen molar-refractivity contribution in [3.05, 3.63) is 147 Å². The van der Waals surface area contributed by atoms with Gasteiger partial charge in [-0.3, -0.25) is 19.2 Å². The first kappa shape index (κ1) is 73.1. The third-order valence-electron chi connectivity index (χ3n) is 19.3. The molecule has 544 valence electrons. The maximum atomic E-state index is 15.6. The third-order valence-corrected chi connectivity index (χ3v) is 19.3. The molecular formula is C70H79F6N13O13. The predicted molar refractivity (Wildman–Crippen MR) is 373 cm³/mol. The lowest BCUT2D eigenvalue weighted by molar-refractivity contribution is 0.0683. The molecule has 0 amide bonds. The fourth-order valence-electron chi connectivity index (χ4n) is 14.1. The summed E-state index contributed by atoms with van der Waals surface area (Å²) in [6.07, 6.45) is 6.38. The van der Waals surface area contributed by atoms with Crippen LogP contribution < -0.4 is 67.7 Å². The van der Waals surface area contributed by atoms with Gasteiger partial charge in [0.05, 0.1) is 55.6 Å². The van der Waals surface area contributed by atoms with E-state index in [9.17, 15) is 61.7 Å². The first-order chi connectivity index (χ1) is 48.5. The molecule has 1 aliphatic carbocycles. The Kier molecular flexibility index (Phi) is 21.1. The van der Waals surface area contributed by atoms with Crippen molar-refractivity contribution in [2.45, 2.75) is 97.7 Å². The van der Waals surface area contributed by atoms with Gasteiger partial charge in [-0.2, -0.15) is 0 Å². The van der Waals surface area contributed by atoms with Crippen molar-refractivity contribution in [2.75, 3.05) is 124 Å². The van der Waals surface area contributed by atoms with Crippen molar-refractivity contribution < 1.29 is 70.7 Å². The summed E-state index contributed by atoms with van der Waals surface area (Å²) in [4.78, 5) is 104. The molecule has 5 fully saturated rings. The van der Waals surface area contributed by atoms with Gasteiger partial charge < -0.3 is 89.6 Å². The summed E-state index contributed by atoms with van der Waals surface area (Å²) < 4.78 is 102. The first-order valence-electron chi connectivity index (χ1n) is 33.6. The zero-order valence-electron chi connectivity index (χ0n) is 57.1. The van der Waals surface area contributed by atoms with Crippen molar-refractivity contribution >= 4 is 95.9 Å².